The van der Waals surface area contributed by atoms with E-state index in [1.54, 1.807) is 20.8 Å². The standard InChI is InChI=1S/C57H104N9O30PS/c1-33(70)62-45-51(82)48(79)37(29-67)93-54(45)89-22-19-86-16-11-58-41(75)26-65(27-42(76)59-12-17-87-20-23-90-55-46(63-34(2)71)52(83)49(80)38(30-68)94-55)14-8-15-66(44(78)10-7-9-40(74)61-25-36(73)32-92-97(85,98)96-57(4,5)6)28-43(77)60-13-18-88-21-24-91-56-47(64-35(3)72)53(84)50(81)39(31-69)95-56/h36-39,45-56,67-69,73,79-84H,7-32H2,1-6H3,(H,58,75)(H,59,76)(H,60,77)(H,61,74)(H,62,70)(H,63,71)(H,64,72)(H,85,98)/t36-,37?,38?,39?,45?,46?,47?,48?,49?,50?,51?,52?,53?,54?,55?,56?,97?/m0/s1. The first-order chi connectivity index (χ1) is 46.3. The van der Waals surface area contributed by atoms with Crippen LogP contribution >= 0.6 is 6.72 Å². The van der Waals surface area contributed by atoms with E-state index < -0.39 is 191 Å². The van der Waals surface area contributed by atoms with Gasteiger partial charge in [-0.05, 0) is 45.4 Å². The predicted molar refractivity (Wildman–Crippen MR) is 339 cm³/mol. The molecule has 39 nitrogen and oxygen atoms in total. The number of hydrogen-bond acceptors (Lipinski definition) is 31. The smallest absolute Gasteiger partial charge is 0.325 e. The van der Waals surface area contributed by atoms with Gasteiger partial charge in [0.1, 0.15) is 73.1 Å². The molecule has 0 bridgehead atoms. The number of nitrogens with zero attached hydrogens (tertiary/aromatic N) is 2. The normalized spacial score (nSPS) is 26.7. The van der Waals surface area contributed by atoms with E-state index in [-0.39, 0.29) is 138 Å². The topological polar surface area (TPSA) is 551 Å². The molecule has 16 unspecified atom stereocenters. The molecule has 3 rings (SSSR count). The maximum Gasteiger partial charge on any atom is 0.325 e. The van der Waals surface area contributed by atoms with Crippen molar-refractivity contribution in [1.82, 2.24) is 47.0 Å². The number of aliphatic hydroxyl groups is 10. The fraction of sp³-hybridized carbons (Fsp3) is 0.860. The summed E-state index contributed by atoms with van der Waals surface area (Å²) in [5.41, 5.74) is -0.836. The molecule has 17 atom stereocenters. The zero-order chi connectivity index (χ0) is 73.1. The number of hydrogen-bond donors (Lipinski definition) is 18. The summed E-state index contributed by atoms with van der Waals surface area (Å²) in [4.78, 5) is 115. The monoisotopic (exact) mass is 1460 g/mol. The number of amides is 8. The highest BCUT2D eigenvalue weighted by Gasteiger charge is 2.48. The molecule has 0 aromatic carbocycles. The van der Waals surface area contributed by atoms with E-state index in [1.807, 2.05) is 0 Å². The van der Waals surface area contributed by atoms with Crippen molar-refractivity contribution < 1.29 is 146 Å². The van der Waals surface area contributed by atoms with E-state index in [1.165, 1.54) is 30.6 Å². The second kappa shape index (κ2) is 46.2. The number of ether oxygens (including phenoxy) is 9. The van der Waals surface area contributed by atoms with Crippen LogP contribution in [0, 0.1) is 0 Å². The maximum absolute atomic E-state index is 13.9. The molecule has 0 saturated carbocycles. The van der Waals surface area contributed by atoms with Gasteiger partial charge in [0.2, 0.25) is 47.3 Å². The lowest BCUT2D eigenvalue weighted by Gasteiger charge is -2.42. The molecule has 98 heavy (non-hydrogen) atoms. The fourth-order valence-electron chi connectivity index (χ4n) is 9.83. The van der Waals surface area contributed by atoms with Crippen molar-refractivity contribution >= 4 is 65.8 Å². The van der Waals surface area contributed by atoms with Gasteiger partial charge >= 0.3 is 6.72 Å². The van der Waals surface area contributed by atoms with Gasteiger partial charge in [-0.1, -0.05) is 0 Å². The van der Waals surface area contributed by atoms with Crippen LogP contribution in [0.15, 0.2) is 0 Å². The maximum atomic E-state index is 13.9. The minimum Gasteiger partial charge on any atom is -0.394 e. The lowest BCUT2D eigenvalue weighted by molar-refractivity contribution is -0.272. The Morgan fingerprint density at radius 3 is 1.24 bits per heavy atom. The number of nitrogens with one attached hydrogen (secondary N) is 7. The van der Waals surface area contributed by atoms with Gasteiger partial charge in [-0.25, -0.2) is 0 Å². The van der Waals surface area contributed by atoms with Crippen molar-refractivity contribution in [2.75, 3.05) is 145 Å². The Morgan fingerprint density at radius 2 is 0.888 bits per heavy atom. The largest absolute Gasteiger partial charge is 0.394 e. The molecule has 3 fully saturated rings. The van der Waals surface area contributed by atoms with Crippen LogP contribution in [-0.4, -0.2) is 361 Å². The Balaban J connectivity index is 1.66. The molecule has 0 aromatic rings. The molecule has 0 spiro atoms. The van der Waals surface area contributed by atoms with E-state index in [4.69, 9.17) is 63.5 Å². The average Bonchev–Trinajstić information content (AvgIpc) is 0.825. The first kappa shape index (κ1) is 87.7. The first-order valence-corrected chi connectivity index (χ1v) is 34.6. The molecular formula is C57H104N9O30PS. The van der Waals surface area contributed by atoms with Crippen LogP contribution in [0.5, 0.6) is 0 Å². The van der Waals surface area contributed by atoms with Crippen LogP contribution < -0.4 is 37.2 Å². The van der Waals surface area contributed by atoms with Crippen LogP contribution in [0.1, 0.15) is 67.2 Å². The molecule has 568 valence electrons. The average molecular weight is 1460 g/mol. The van der Waals surface area contributed by atoms with Gasteiger partial charge in [-0.2, -0.15) is 0 Å². The minimum absolute atomic E-state index is 0.0118. The van der Waals surface area contributed by atoms with Crippen LogP contribution in [0.4, 0.5) is 0 Å². The van der Waals surface area contributed by atoms with Gasteiger partial charge < -0.3 is 150 Å². The van der Waals surface area contributed by atoms with Crippen LogP contribution in [0.2, 0.25) is 0 Å². The third-order valence-electron chi connectivity index (χ3n) is 14.5. The Labute approximate surface area is 572 Å². The summed E-state index contributed by atoms with van der Waals surface area (Å²) in [6.07, 6.45) is -18.2. The van der Waals surface area contributed by atoms with E-state index in [0.29, 0.717) is 0 Å². The van der Waals surface area contributed by atoms with Crippen LogP contribution in [0.3, 0.4) is 0 Å². The summed E-state index contributed by atoms with van der Waals surface area (Å²) in [6, 6.07) is -3.54. The van der Waals surface area contributed by atoms with Crippen molar-refractivity contribution in [3.05, 3.63) is 0 Å². The quantitative estimate of drug-likeness (QED) is 0.0199. The van der Waals surface area contributed by atoms with Crippen molar-refractivity contribution in [1.29, 1.82) is 0 Å². The molecule has 18 N–H and O–H groups in total. The number of aliphatic hydroxyl groups excluding tert-OH is 10. The highest BCUT2D eigenvalue weighted by Crippen LogP contribution is 2.47. The first-order valence-electron chi connectivity index (χ1n) is 32.0. The Hall–Kier alpha value is -4.51. The summed E-state index contributed by atoms with van der Waals surface area (Å²) in [6.45, 7) is -0.208. The fourth-order valence-corrected chi connectivity index (χ4v) is 11.8. The number of carbonyl (C=O) groups excluding carboxylic acids is 8. The third-order valence-corrected chi connectivity index (χ3v) is 16.3. The second-order valence-electron chi connectivity index (χ2n) is 24.0. The summed E-state index contributed by atoms with van der Waals surface area (Å²) >= 11 is 4.98. The summed E-state index contributed by atoms with van der Waals surface area (Å²) < 4.78 is 60.8. The molecule has 3 aliphatic rings. The molecule has 8 amide bonds. The molecular weight excluding hydrogens is 1350 g/mol. The molecule has 3 saturated heterocycles. The van der Waals surface area contributed by atoms with Gasteiger partial charge in [0, 0.05) is 72.9 Å². The Kier molecular flexibility index (Phi) is 41.3. The summed E-state index contributed by atoms with van der Waals surface area (Å²) in [7, 11) is 0. The van der Waals surface area contributed by atoms with Gasteiger partial charge in [-0.15, -0.1) is 0 Å². The summed E-state index contributed by atoms with van der Waals surface area (Å²) in [5.74, 6) is -4.49. The predicted octanol–water partition coefficient (Wildman–Crippen LogP) is -9.52. The lowest BCUT2D eigenvalue weighted by atomic mass is 9.97. The number of carbonyl (C=O) groups is 8. The minimum atomic E-state index is -3.71. The van der Waals surface area contributed by atoms with E-state index in [2.05, 4.69) is 37.2 Å². The molecule has 3 heterocycles. The highest BCUT2D eigenvalue weighted by atomic mass is 32.5. The molecule has 41 heteroatoms. The molecule has 0 radical (unpaired) electrons. The zero-order valence-electron chi connectivity index (χ0n) is 56.0. The molecule has 0 aromatic heterocycles. The van der Waals surface area contributed by atoms with Crippen molar-refractivity contribution in [3.8, 4) is 0 Å². The zero-order valence-corrected chi connectivity index (χ0v) is 57.8. The molecule has 0 aliphatic carbocycles. The molecule has 3 aliphatic heterocycles. The lowest BCUT2D eigenvalue weighted by Crippen LogP contribution is -2.64. The van der Waals surface area contributed by atoms with Gasteiger partial charge in [0.15, 0.2) is 18.9 Å². The van der Waals surface area contributed by atoms with E-state index >= 15 is 0 Å². The van der Waals surface area contributed by atoms with Gasteiger partial charge in [-0.3, -0.25) is 43.3 Å². The number of rotatable bonds is 47. The van der Waals surface area contributed by atoms with Gasteiger partial charge in [0.25, 0.3) is 0 Å². The Bertz CT molecular complexity index is 2390. The van der Waals surface area contributed by atoms with Crippen molar-refractivity contribution in [3.63, 3.8) is 0 Å². The van der Waals surface area contributed by atoms with E-state index in [9.17, 15) is 94.3 Å². The second-order valence-corrected chi connectivity index (χ2v) is 26.7. The highest BCUT2D eigenvalue weighted by molar-refractivity contribution is 8.07. The summed E-state index contributed by atoms with van der Waals surface area (Å²) in [5, 5.41) is 120. The SMILES string of the molecule is CC(=O)NC1C(OCCOCCNC(=O)CN(CCCN(CC(=O)NCCOCCOC2OC(CO)C(O)C(O)C2NC(C)=O)C(=O)CCCC(=O)NC[C@H](O)COP(O)(=S)OC(C)(C)C)CC(=O)NCCOCCOC2OC(CO)C(O)C(O)C2NC(C)=O)OC(CO)C(O)C1O. The van der Waals surface area contributed by atoms with Gasteiger partial charge in [0.05, 0.1) is 117 Å². The Morgan fingerprint density at radius 1 is 0.510 bits per heavy atom. The van der Waals surface area contributed by atoms with Crippen LogP contribution in [-0.2, 0) is 102 Å². The van der Waals surface area contributed by atoms with Crippen molar-refractivity contribution in [2.24, 2.45) is 0 Å². The van der Waals surface area contributed by atoms with Crippen molar-refractivity contribution in [2.45, 2.75) is 171 Å². The van der Waals surface area contributed by atoms with E-state index in [0.717, 1.165) is 0 Å². The van der Waals surface area contributed by atoms with Crippen LogP contribution in [0.25, 0.3) is 0 Å². The third kappa shape index (κ3) is 34.0.